The lowest BCUT2D eigenvalue weighted by atomic mass is 9.88. The Morgan fingerprint density at radius 2 is 2.11 bits per heavy atom. The van der Waals surface area contributed by atoms with Crippen LogP contribution in [0.4, 0.5) is 0 Å². The van der Waals surface area contributed by atoms with Gasteiger partial charge in [-0.15, -0.1) is 0 Å². The van der Waals surface area contributed by atoms with Gasteiger partial charge >= 0.3 is 5.97 Å². The molecule has 0 N–H and O–H groups in total. The molecule has 2 unspecified atom stereocenters. The van der Waals surface area contributed by atoms with Crippen LogP contribution in [-0.4, -0.2) is 28.5 Å². The molecular weight excluding hydrogens is 364 g/mol. The van der Waals surface area contributed by atoms with E-state index in [9.17, 15) is 9.59 Å². The van der Waals surface area contributed by atoms with Crippen LogP contribution in [0, 0.1) is 11.8 Å². The molecule has 0 aromatic carbocycles. The first-order valence-electron chi connectivity index (χ1n) is 6.37. The number of ether oxygens (including phenoxy) is 1. The lowest BCUT2D eigenvalue weighted by Crippen LogP contribution is -2.25. The highest BCUT2D eigenvalue weighted by Gasteiger charge is 2.37. The van der Waals surface area contributed by atoms with Crippen molar-refractivity contribution in [2.75, 3.05) is 7.11 Å². The van der Waals surface area contributed by atoms with Crippen LogP contribution in [0.2, 0.25) is 0 Å². The zero-order valence-corrected chi connectivity index (χ0v) is 14.0. The van der Waals surface area contributed by atoms with Gasteiger partial charge in [-0.05, 0) is 25.2 Å². The Hall–Kier alpha value is 0.1000. The van der Waals surface area contributed by atoms with Gasteiger partial charge in [-0.3, -0.25) is 9.59 Å². The Morgan fingerprint density at radius 3 is 2.67 bits per heavy atom. The van der Waals surface area contributed by atoms with Crippen molar-refractivity contribution in [3.8, 4) is 0 Å². The molecule has 1 aliphatic rings. The highest BCUT2D eigenvalue weighted by molar-refractivity contribution is 9.12. The summed E-state index contributed by atoms with van der Waals surface area (Å²) in [4.78, 5) is 23.9. The number of methoxy groups -OCH3 is 1. The minimum absolute atomic E-state index is 0.0000694. The zero-order valence-electron chi connectivity index (χ0n) is 10.8. The van der Waals surface area contributed by atoms with Gasteiger partial charge < -0.3 is 4.74 Å². The molecule has 0 aromatic rings. The summed E-state index contributed by atoms with van der Waals surface area (Å²) >= 11 is 7.24. The van der Waals surface area contributed by atoms with Crippen molar-refractivity contribution in [3.63, 3.8) is 0 Å². The zero-order chi connectivity index (χ0) is 13.7. The first kappa shape index (κ1) is 16.2. The molecule has 0 aliphatic heterocycles. The molecule has 1 saturated carbocycles. The topological polar surface area (TPSA) is 43.4 Å². The van der Waals surface area contributed by atoms with Crippen LogP contribution >= 0.6 is 31.9 Å². The largest absolute Gasteiger partial charge is 0.469 e. The number of ketones is 1. The number of esters is 1. The monoisotopic (exact) mass is 382 g/mol. The standard InChI is InChI=1S/C13H20Br2O3/c1-3-10(14)11(15)7-9-8(4-5-12(9)16)6-13(17)18-2/h8-11H,3-7H2,1-2H3/t8-,9-,10?,11?/m1/s1. The van der Waals surface area contributed by atoms with Gasteiger partial charge in [-0.1, -0.05) is 38.8 Å². The minimum atomic E-state index is -0.211. The summed E-state index contributed by atoms with van der Waals surface area (Å²) in [5.74, 6) is 0.238. The summed E-state index contributed by atoms with van der Waals surface area (Å²) in [6, 6.07) is 0. The third-order valence-corrected chi connectivity index (χ3v) is 6.67. The second kappa shape index (κ2) is 7.63. The smallest absolute Gasteiger partial charge is 0.305 e. The maximum atomic E-state index is 11.9. The fourth-order valence-corrected chi connectivity index (χ4v) is 3.48. The van der Waals surface area contributed by atoms with Crippen LogP contribution in [0.5, 0.6) is 0 Å². The molecule has 1 rings (SSSR count). The number of rotatable bonds is 6. The summed E-state index contributed by atoms with van der Waals surface area (Å²) in [5, 5.41) is 0. The summed E-state index contributed by atoms with van der Waals surface area (Å²) in [6.45, 7) is 2.11. The first-order chi connectivity index (χ1) is 8.49. The second-order valence-electron chi connectivity index (χ2n) is 4.83. The molecule has 4 atom stereocenters. The molecule has 104 valence electrons. The van der Waals surface area contributed by atoms with Crippen LogP contribution in [0.25, 0.3) is 0 Å². The molecule has 5 heteroatoms. The fourth-order valence-electron chi connectivity index (χ4n) is 2.49. The Balaban J connectivity index is 2.59. The molecule has 0 amide bonds. The number of carbonyl (C=O) groups excluding carboxylic acids is 2. The van der Waals surface area contributed by atoms with Gasteiger partial charge in [0, 0.05) is 28.4 Å². The third-order valence-electron chi connectivity index (χ3n) is 3.66. The van der Waals surface area contributed by atoms with Crippen LogP contribution in [-0.2, 0) is 14.3 Å². The van der Waals surface area contributed by atoms with E-state index in [4.69, 9.17) is 4.74 Å². The first-order valence-corrected chi connectivity index (χ1v) is 8.20. The molecule has 1 fully saturated rings. The van der Waals surface area contributed by atoms with Gasteiger partial charge in [-0.2, -0.15) is 0 Å². The normalized spacial score (nSPS) is 27.0. The molecule has 0 aromatic heterocycles. The highest BCUT2D eigenvalue weighted by Crippen LogP contribution is 2.37. The average molecular weight is 384 g/mol. The van der Waals surface area contributed by atoms with Crippen molar-refractivity contribution >= 4 is 43.6 Å². The Labute approximate surface area is 125 Å². The molecule has 1 aliphatic carbocycles. The molecule has 0 saturated heterocycles. The van der Waals surface area contributed by atoms with Gasteiger partial charge in [0.15, 0.2) is 0 Å². The lowest BCUT2D eigenvalue weighted by molar-refractivity contribution is -0.142. The van der Waals surface area contributed by atoms with Crippen LogP contribution < -0.4 is 0 Å². The van der Waals surface area contributed by atoms with Crippen molar-refractivity contribution in [3.05, 3.63) is 0 Å². The van der Waals surface area contributed by atoms with E-state index in [-0.39, 0.29) is 22.6 Å². The minimum Gasteiger partial charge on any atom is -0.469 e. The highest BCUT2D eigenvalue weighted by atomic mass is 79.9. The molecular formula is C13H20Br2O3. The Bertz CT molecular complexity index is 307. The van der Waals surface area contributed by atoms with E-state index in [1.165, 1.54) is 7.11 Å². The summed E-state index contributed by atoms with van der Waals surface area (Å²) < 4.78 is 4.70. The summed E-state index contributed by atoms with van der Waals surface area (Å²) in [6.07, 6.45) is 3.59. The quantitative estimate of drug-likeness (QED) is 0.521. The molecule has 0 radical (unpaired) electrons. The molecule has 18 heavy (non-hydrogen) atoms. The SMILES string of the molecule is CCC(Br)C(Br)C[C@H]1C(=O)CC[C@@H]1CC(=O)OC. The Morgan fingerprint density at radius 1 is 1.44 bits per heavy atom. The van der Waals surface area contributed by atoms with Gasteiger partial charge in [0.1, 0.15) is 5.78 Å². The number of hydrogen-bond acceptors (Lipinski definition) is 3. The summed E-state index contributed by atoms with van der Waals surface area (Å²) in [7, 11) is 1.40. The van der Waals surface area contributed by atoms with E-state index in [0.29, 0.717) is 23.5 Å². The number of halogens is 2. The van der Waals surface area contributed by atoms with Gasteiger partial charge in [-0.25, -0.2) is 0 Å². The molecule has 0 bridgehead atoms. The predicted octanol–water partition coefficient (Wildman–Crippen LogP) is 3.47. The van der Waals surface area contributed by atoms with Gasteiger partial charge in [0.25, 0.3) is 0 Å². The molecule has 3 nitrogen and oxygen atoms in total. The second-order valence-corrected chi connectivity index (χ2v) is 7.18. The van der Waals surface area contributed by atoms with Gasteiger partial charge in [0.05, 0.1) is 7.11 Å². The lowest BCUT2D eigenvalue weighted by Gasteiger charge is -2.22. The number of hydrogen-bond donors (Lipinski definition) is 0. The molecule has 0 spiro atoms. The number of alkyl halides is 2. The van der Waals surface area contributed by atoms with Gasteiger partial charge in [0.2, 0.25) is 0 Å². The predicted molar refractivity (Wildman–Crippen MR) is 78.2 cm³/mol. The van der Waals surface area contributed by atoms with Crippen LogP contribution in [0.3, 0.4) is 0 Å². The maximum Gasteiger partial charge on any atom is 0.305 e. The summed E-state index contributed by atoms with van der Waals surface area (Å²) in [5.41, 5.74) is 0. The van der Waals surface area contributed by atoms with E-state index in [0.717, 1.165) is 19.3 Å². The third kappa shape index (κ3) is 4.34. The molecule has 0 heterocycles. The van der Waals surface area contributed by atoms with Crippen LogP contribution in [0.1, 0.15) is 39.0 Å². The van der Waals surface area contributed by atoms with Crippen molar-refractivity contribution in [1.29, 1.82) is 0 Å². The van der Waals surface area contributed by atoms with Crippen molar-refractivity contribution in [1.82, 2.24) is 0 Å². The van der Waals surface area contributed by atoms with E-state index in [1.807, 2.05) is 0 Å². The average Bonchev–Trinajstić information content (AvgIpc) is 2.70. The Kier molecular flexibility index (Phi) is 6.85. The number of carbonyl (C=O) groups is 2. The van der Waals surface area contributed by atoms with E-state index >= 15 is 0 Å². The van der Waals surface area contributed by atoms with Crippen molar-refractivity contribution in [2.45, 2.75) is 48.7 Å². The number of Topliss-reactive ketones (excluding diaryl/α,β-unsaturated/α-hetero) is 1. The van der Waals surface area contributed by atoms with E-state index < -0.39 is 0 Å². The van der Waals surface area contributed by atoms with E-state index in [2.05, 4.69) is 38.8 Å². The maximum absolute atomic E-state index is 11.9. The van der Waals surface area contributed by atoms with E-state index in [1.54, 1.807) is 0 Å². The fraction of sp³-hybridized carbons (Fsp3) is 0.846. The van der Waals surface area contributed by atoms with Crippen LogP contribution in [0.15, 0.2) is 0 Å². The van der Waals surface area contributed by atoms with Crippen molar-refractivity contribution < 1.29 is 14.3 Å². The van der Waals surface area contributed by atoms with Crippen molar-refractivity contribution in [2.24, 2.45) is 11.8 Å².